The number of urea groups is 1. The summed E-state index contributed by atoms with van der Waals surface area (Å²) >= 11 is 6.14. The fourth-order valence-electron chi connectivity index (χ4n) is 6.59. The van der Waals surface area contributed by atoms with E-state index in [1.165, 1.54) is 0 Å². The molecule has 3 aromatic carbocycles. The molecule has 232 valence electrons. The van der Waals surface area contributed by atoms with E-state index in [9.17, 15) is 19.5 Å². The third-order valence-electron chi connectivity index (χ3n) is 9.06. The van der Waals surface area contributed by atoms with E-state index in [4.69, 9.17) is 11.6 Å². The van der Waals surface area contributed by atoms with Gasteiger partial charge in [0.2, 0.25) is 5.91 Å². The SMILES string of the molecule is CC(C)(C)C(Cc1cccc(NC(=O)C(c2ccc(CN3CCN(c4cccc(Cl)c4)C3=O)cc2)C2CCCC2)c1)C(=O)O. The summed E-state index contributed by atoms with van der Waals surface area (Å²) in [5.74, 6) is -1.42. The summed E-state index contributed by atoms with van der Waals surface area (Å²) in [6.07, 6.45) is 4.64. The first-order valence-corrected chi connectivity index (χ1v) is 15.9. The molecule has 7 nitrogen and oxygen atoms in total. The van der Waals surface area contributed by atoms with Gasteiger partial charge in [0, 0.05) is 36.0 Å². The lowest BCUT2D eigenvalue weighted by atomic mass is 9.77. The first-order valence-electron chi connectivity index (χ1n) is 15.5. The largest absolute Gasteiger partial charge is 0.481 e. The van der Waals surface area contributed by atoms with Gasteiger partial charge in [0.25, 0.3) is 0 Å². The number of hydrogen-bond donors (Lipinski definition) is 2. The third kappa shape index (κ3) is 7.44. The summed E-state index contributed by atoms with van der Waals surface area (Å²) in [7, 11) is 0. The molecule has 1 aliphatic heterocycles. The highest BCUT2D eigenvalue weighted by Gasteiger charge is 2.34. The van der Waals surface area contributed by atoms with Crippen molar-refractivity contribution in [2.45, 2.75) is 65.3 Å². The number of carbonyl (C=O) groups excluding carboxylic acids is 2. The van der Waals surface area contributed by atoms with Crippen molar-refractivity contribution < 1.29 is 19.5 Å². The summed E-state index contributed by atoms with van der Waals surface area (Å²) in [5, 5.41) is 13.5. The van der Waals surface area contributed by atoms with Gasteiger partial charge in [-0.05, 0) is 77.6 Å². The summed E-state index contributed by atoms with van der Waals surface area (Å²) in [4.78, 5) is 42.5. The number of benzene rings is 3. The van der Waals surface area contributed by atoms with Gasteiger partial charge in [-0.25, -0.2) is 4.79 Å². The van der Waals surface area contributed by atoms with Gasteiger partial charge < -0.3 is 15.3 Å². The van der Waals surface area contributed by atoms with Crippen LogP contribution in [0.5, 0.6) is 0 Å². The van der Waals surface area contributed by atoms with Gasteiger partial charge in [-0.3, -0.25) is 14.5 Å². The molecule has 0 bridgehead atoms. The number of nitrogens with zero attached hydrogens (tertiary/aromatic N) is 2. The summed E-state index contributed by atoms with van der Waals surface area (Å²) in [6, 6.07) is 23.0. The second-order valence-corrected chi connectivity index (χ2v) is 13.7. The Balaban J connectivity index is 1.28. The number of hydrogen-bond acceptors (Lipinski definition) is 3. The van der Waals surface area contributed by atoms with Crippen LogP contribution >= 0.6 is 11.6 Å². The van der Waals surface area contributed by atoms with Gasteiger partial charge in [0.05, 0.1) is 11.8 Å². The Morgan fingerprint density at radius 3 is 2.32 bits per heavy atom. The molecule has 0 spiro atoms. The van der Waals surface area contributed by atoms with Gasteiger partial charge in [-0.2, -0.15) is 0 Å². The molecule has 3 aromatic rings. The van der Waals surface area contributed by atoms with Crippen LogP contribution in [0.4, 0.5) is 16.2 Å². The molecule has 1 saturated carbocycles. The van der Waals surface area contributed by atoms with Crippen molar-refractivity contribution >= 4 is 40.9 Å². The van der Waals surface area contributed by atoms with Crippen molar-refractivity contribution in [3.05, 3.63) is 94.5 Å². The van der Waals surface area contributed by atoms with Crippen LogP contribution in [-0.2, 0) is 22.6 Å². The lowest BCUT2D eigenvalue weighted by molar-refractivity contribution is -0.145. The van der Waals surface area contributed by atoms with Gasteiger partial charge in [-0.1, -0.05) is 87.7 Å². The Bertz CT molecular complexity index is 1490. The van der Waals surface area contributed by atoms with Crippen LogP contribution in [0, 0.1) is 17.3 Å². The Hall–Kier alpha value is -3.84. The highest BCUT2D eigenvalue weighted by molar-refractivity contribution is 6.30. The van der Waals surface area contributed by atoms with Crippen LogP contribution in [0.2, 0.25) is 5.02 Å². The molecule has 1 heterocycles. The van der Waals surface area contributed by atoms with E-state index >= 15 is 0 Å². The Kier molecular flexibility index (Phi) is 9.64. The van der Waals surface area contributed by atoms with Gasteiger partial charge >= 0.3 is 12.0 Å². The van der Waals surface area contributed by atoms with E-state index in [0.717, 1.165) is 48.1 Å². The predicted octanol–water partition coefficient (Wildman–Crippen LogP) is 7.98. The zero-order chi connectivity index (χ0) is 31.4. The fraction of sp³-hybridized carbons (Fsp3) is 0.417. The molecule has 2 aliphatic rings. The van der Waals surface area contributed by atoms with E-state index in [1.54, 1.807) is 17.0 Å². The topological polar surface area (TPSA) is 90.0 Å². The third-order valence-corrected chi connectivity index (χ3v) is 9.29. The average Bonchev–Trinajstić information content (AvgIpc) is 3.62. The zero-order valence-corrected chi connectivity index (χ0v) is 26.5. The number of halogens is 1. The average molecular weight is 616 g/mol. The second-order valence-electron chi connectivity index (χ2n) is 13.3. The fourth-order valence-corrected chi connectivity index (χ4v) is 6.77. The van der Waals surface area contributed by atoms with Crippen LogP contribution in [-0.4, -0.2) is 41.0 Å². The van der Waals surface area contributed by atoms with Crippen molar-refractivity contribution in [2.75, 3.05) is 23.3 Å². The molecule has 2 fully saturated rings. The number of rotatable bonds is 10. The predicted molar refractivity (Wildman–Crippen MR) is 175 cm³/mol. The highest BCUT2D eigenvalue weighted by Crippen LogP contribution is 2.39. The summed E-state index contributed by atoms with van der Waals surface area (Å²) in [5.41, 5.74) is 3.97. The smallest absolute Gasteiger partial charge is 0.324 e. The Morgan fingerprint density at radius 1 is 0.955 bits per heavy atom. The Morgan fingerprint density at radius 2 is 1.66 bits per heavy atom. The molecule has 44 heavy (non-hydrogen) atoms. The van der Waals surface area contributed by atoms with E-state index in [-0.39, 0.29) is 29.2 Å². The van der Waals surface area contributed by atoms with Crippen molar-refractivity contribution in [3.63, 3.8) is 0 Å². The standard InChI is InChI=1S/C36H42ClN3O4/c1-36(2,3)31(34(42)43)21-25-8-6-12-29(20-25)38-33(41)32(26-9-4-5-10-26)27-16-14-24(15-17-27)23-39-18-19-40(35(39)44)30-13-7-11-28(37)22-30/h6-8,11-17,20,22,26,31-32H,4-5,9-10,18-19,21,23H2,1-3H3,(H,38,41)(H,42,43). The van der Waals surface area contributed by atoms with Crippen LogP contribution in [0.15, 0.2) is 72.8 Å². The monoisotopic (exact) mass is 615 g/mol. The number of carboxylic acid groups (broad SMARTS) is 1. The molecule has 1 aliphatic carbocycles. The van der Waals surface area contributed by atoms with E-state index in [0.29, 0.717) is 36.8 Å². The molecule has 3 amide bonds. The minimum atomic E-state index is -0.816. The highest BCUT2D eigenvalue weighted by atomic mass is 35.5. The van der Waals surface area contributed by atoms with E-state index in [2.05, 4.69) is 5.32 Å². The van der Waals surface area contributed by atoms with Crippen LogP contribution in [0.3, 0.4) is 0 Å². The number of nitrogens with one attached hydrogen (secondary N) is 1. The molecule has 0 radical (unpaired) electrons. The number of carboxylic acids is 1. The quantitative estimate of drug-likeness (QED) is 0.242. The lowest BCUT2D eigenvalue weighted by Gasteiger charge is -2.27. The summed E-state index contributed by atoms with van der Waals surface area (Å²) in [6.45, 7) is 7.54. The van der Waals surface area contributed by atoms with Crippen molar-refractivity contribution in [2.24, 2.45) is 17.3 Å². The molecular formula is C36H42ClN3O4. The minimum absolute atomic E-state index is 0.0423. The van der Waals surface area contributed by atoms with Crippen LogP contribution in [0.1, 0.15) is 69.1 Å². The van der Waals surface area contributed by atoms with Gasteiger partial charge in [0.15, 0.2) is 0 Å². The molecule has 8 heteroatoms. The molecule has 0 aromatic heterocycles. The molecule has 2 unspecified atom stereocenters. The Labute approximate surface area is 265 Å². The molecule has 2 atom stereocenters. The maximum absolute atomic E-state index is 13.8. The van der Waals surface area contributed by atoms with E-state index in [1.807, 2.05) is 86.3 Å². The summed E-state index contributed by atoms with van der Waals surface area (Å²) < 4.78 is 0. The molecule has 2 N–H and O–H groups in total. The molecule has 1 saturated heterocycles. The van der Waals surface area contributed by atoms with Gasteiger partial charge in [0.1, 0.15) is 0 Å². The minimum Gasteiger partial charge on any atom is -0.481 e. The second kappa shape index (κ2) is 13.4. The van der Waals surface area contributed by atoms with E-state index < -0.39 is 11.9 Å². The van der Waals surface area contributed by atoms with Crippen molar-refractivity contribution in [1.82, 2.24) is 4.90 Å². The first kappa shape index (κ1) is 31.6. The number of anilines is 2. The molecular weight excluding hydrogens is 574 g/mol. The number of aliphatic carboxylic acids is 1. The van der Waals surface area contributed by atoms with Crippen molar-refractivity contribution in [3.8, 4) is 0 Å². The zero-order valence-electron chi connectivity index (χ0n) is 25.8. The normalized spacial score (nSPS) is 17.1. The number of amides is 3. The molecule has 5 rings (SSSR count). The number of carbonyl (C=O) groups is 3. The van der Waals surface area contributed by atoms with Crippen LogP contribution < -0.4 is 10.2 Å². The lowest BCUT2D eigenvalue weighted by Crippen LogP contribution is -2.31. The maximum Gasteiger partial charge on any atom is 0.324 e. The maximum atomic E-state index is 13.8. The van der Waals surface area contributed by atoms with Crippen molar-refractivity contribution in [1.29, 1.82) is 0 Å². The van der Waals surface area contributed by atoms with Gasteiger partial charge in [-0.15, -0.1) is 0 Å². The first-order chi connectivity index (χ1) is 21.0. The van der Waals surface area contributed by atoms with Crippen LogP contribution in [0.25, 0.3) is 0 Å².